The van der Waals surface area contributed by atoms with E-state index < -0.39 is 5.60 Å². The van der Waals surface area contributed by atoms with Crippen LogP contribution in [0.1, 0.15) is 35.3 Å². The Morgan fingerprint density at radius 2 is 1.87 bits per heavy atom. The van der Waals surface area contributed by atoms with Crippen LogP contribution in [-0.4, -0.2) is 24.2 Å². The van der Waals surface area contributed by atoms with Gasteiger partial charge in [0.2, 0.25) is 0 Å². The minimum absolute atomic E-state index is 0. The summed E-state index contributed by atoms with van der Waals surface area (Å²) >= 11 is 0. The molecule has 0 aliphatic rings. The first-order valence-corrected chi connectivity index (χ1v) is 9.82. The molecule has 6 nitrogen and oxygen atoms in total. The summed E-state index contributed by atoms with van der Waals surface area (Å²) in [5, 5.41) is 17.5. The molecule has 1 atom stereocenters. The van der Waals surface area contributed by atoms with Crippen molar-refractivity contribution in [2.45, 2.75) is 39.3 Å². The molecule has 0 spiro atoms. The van der Waals surface area contributed by atoms with Crippen molar-refractivity contribution < 1.29 is 13.9 Å². The first kappa shape index (κ1) is 24.0. The van der Waals surface area contributed by atoms with Crippen molar-refractivity contribution in [3.63, 3.8) is 0 Å². The quantitative estimate of drug-likeness (QED) is 0.233. The molecule has 30 heavy (non-hydrogen) atoms. The summed E-state index contributed by atoms with van der Waals surface area (Å²) in [4.78, 5) is 4.67. The zero-order valence-corrected chi connectivity index (χ0v) is 20.0. The van der Waals surface area contributed by atoms with Crippen molar-refractivity contribution in [1.29, 1.82) is 0 Å². The fourth-order valence-corrected chi connectivity index (χ4v) is 3.20. The Labute approximate surface area is 194 Å². The molecule has 3 aromatic rings. The lowest BCUT2D eigenvalue weighted by Gasteiger charge is -2.24. The molecule has 0 fully saturated rings. The van der Waals surface area contributed by atoms with E-state index in [1.54, 1.807) is 13.2 Å². The standard InChI is InChI=1S/C23H29N3O3.HI/c1-17-14-21(18(2)29-17)23(3,27)16-26-22(24-12-11-20-10-7-13-28-20)25-15-19-8-5-4-6-9-19;/h4-10,13-14,27H,11-12,15-16H2,1-3H3,(H2,24,25,26);1H. The minimum atomic E-state index is -1.09. The average Bonchev–Trinajstić information content (AvgIpc) is 3.33. The molecular formula is C23H30IN3O3. The third-order valence-corrected chi connectivity index (χ3v) is 4.73. The summed E-state index contributed by atoms with van der Waals surface area (Å²) in [5.74, 6) is 3.06. The average molecular weight is 523 g/mol. The largest absolute Gasteiger partial charge is 0.469 e. The van der Waals surface area contributed by atoms with Gasteiger partial charge >= 0.3 is 0 Å². The van der Waals surface area contributed by atoms with Gasteiger partial charge in [0.15, 0.2) is 5.96 Å². The Balaban J connectivity index is 0.00000320. The molecule has 3 rings (SSSR count). The van der Waals surface area contributed by atoms with Crippen molar-refractivity contribution in [3.05, 3.63) is 83.2 Å². The van der Waals surface area contributed by atoms with Gasteiger partial charge < -0.3 is 24.6 Å². The highest BCUT2D eigenvalue weighted by molar-refractivity contribution is 14.0. The van der Waals surface area contributed by atoms with E-state index in [9.17, 15) is 5.11 Å². The SMILES string of the molecule is Cc1cc(C(C)(O)CNC(=NCc2ccccc2)NCCc2ccco2)c(C)o1.I. The number of aliphatic imine (C=N–C) groups is 1. The predicted octanol–water partition coefficient (Wildman–Crippen LogP) is 4.29. The molecule has 0 aliphatic carbocycles. The summed E-state index contributed by atoms with van der Waals surface area (Å²) in [6.07, 6.45) is 2.42. The first-order chi connectivity index (χ1) is 13.9. The molecule has 2 aromatic heterocycles. The Hall–Kier alpha value is -2.26. The van der Waals surface area contributed by atoms with Gasteiger partial charge in [0, 0.05) is 18.5 Å². The number of nitrogens with zero attached hydrogens (tertiary/aromatic N) is 1. The molecule has 0 radical (unpaired) electrons. The maximum Gasteiger partial charge on any atom is 0.191 e. The van der Waals surface area contributed by atoms with Crippen LogP contribution >= 0.6 is 24.0 Å². The van der Waals surface area contributed by atoms with Crippen LogP contribution in [0.2, 0.25) is 0 Å². The number of rotatable bonds is 8. The molecule has 1 unspecified atom stereocenters. The summed E-state index contributed by atoms with van der Waals surface area (Å²) in [6.45, 7) is 7.03. The van der Waals surface area contributed by atoms with Crippen LogP contribution in [0.5, 0.6) is 0 Å². The van der Waals surface area contributed by atoms with Gasteiger partial charge in [0.05, 0.1) is 19.4 Å². The van der Waals surface area contributed by atoms with Crippen LogP contribution in [-0.2, 0) is 18.6 Å². The van der Waals surface area contributed by atoms with Gasteiger partial charge in [-0.3, -0.25) is 0 Å². The van der Waals surface area contributed by atoms with Crippen molar-refractivity contribution in [1.82, 2.24) is 10.6 Å². The lowest BCUT2D eigenvalue weighted by Crippen LogP contribution is -2.45. The summed E-state index contributed by atoms with van der Waals surface area (Å²) < 4.78 is 11.0. The number of hydrogen-bond donors (Lipinski definition) is 3. The third kappa shape index (κ3) is 6.91. The number of aryl methyl sites for hydroxylation is 2. The van der Waals surface area contributed by atoms with Gasteiger partial charge in [-0.1, -0.05) is 30.3 Å². The predicted molar refractivity (Wildman–Crippen MR) is 129 cm³/mol. The number of nitrogens with one attached hydrogen (secondary N) is 2. The minimum Gasteiger partial charge on any atom is -0.469 e. The number of hydrogen-bond acceptors (Lipinski definition) is 4. The second-order valence-corrected chi connectivity index (χ2v) is 7.36. The van der Waals surface area contributed by atoms with E-state index in [4.69, 9.17) is 8.83 Å². The van der Waals surface area contributed by atoms with Crippen LogP contribution in [0.4, 0.5) is 0 Å². The zero-order valence-electron chi connectivity index (χ0n) is 17.6. The van der Waals surface area contributed by atoms with Gasteiger partial charge in [-0.2, -0.15) is 0 Å². The first-order valence-electron chi connectivity index (χ1n) is 9.82. The Morgan fingerprint density at radius 1 is 1.10 bits per heavy atom. The molecule has 0 aliphatic heterocycles. The van der Waals surface area contributed by atoms with Gasteiger partial charge in [-0.25, -0.2) is 4.99 Å². The van der Waals surface area contributed by atoms with Crippen molar-refractivity contribution >= 4 is 29.9 Å². The monoisotopic (exact) mass is 523 g/mol. The van der Waals surface area contributed by atoms with E-state index in [-0.39, 0.29) is 24.0 Å². The van der Waals surface area contributed by atoms with Crippen LogP contribution in [0.25, 0.3) is 0 Å². The fourth-order valence-electron chi connectivity index (χ4n) is 3.20. The summed E-state index contributed by atoms with van der Waals surface area (Å²) in [5.41, 5.74) is 0.811. The van der Waals surface area contributed by atoms with Crippen molar-refractivity contribution in [3.8, 4) is 0 Å². The highest BCUT2D eigenvalue weighted by atomic mass is 127. The Kier molecular flexibility index (Phi) is 8.98. The molecule has 2 heterocycles. The lowest BCUT2D eigenvalue weighted by molar-refractivity contribution is 0.0601. The van der Waals surface area contributed by atoms with Gasteiger partial charge in [-0.05, 0) is 44.5 Å². The smallest absolute Gasteiger partial charge is 0.191 e. The molecule has 7 heteroatoms. The van der Waals surface area contributed by atoms with E-state index in [0.29, 0.717) is 25.6 Å². The normalized spacial score (nSPS) is 13.4. The Bertz CT molecular complexity index is 919. The second kappa shape index (κ2) is 11.2. The molecule has 0 saturated heterocycles. The van der Waals surface area contributed by atoms with E-state index >= 15 is 0 Å². The summed E-state index contributed by atoms with van der Waals surface area (Å²) in [7, 11) is 0. The third-order valence-electron chi connectivity index (χ3n) is 4.73. The highest BCUT2D eigenvalue weighted by Crippen LogP contribution is 2.26. The molecule has 0 saturated carbocycles. The number of benzene rings is 1. The van der Waals surface area contributed by atoms with Crippen molar-refractivity contribution in [2.24, 2.45) is 4.99 Å². The van der Waals surface area contributed by atoms with E-state index in [1.807, 2.05) is 62.4 Å². The van der Waals surface area contributed by atoms with Crippen LogP contribution in [0.15, 0.2) is 68.6 Å². The Morgan fingerprint density at radius 3 is 2.50 bits per heavy atom. The second-order valence-electron chi connectivity index (χ2n) is 7.36. The number of aliphatic hydroxyl groups is 1. The maximum absolute atomic E-state index is 11.0. The highest BCUT2D eigenvalue weighted by Gasteiger charge is 2.27. The molecule has 0 bridgehead atoms. The van der Waals surface area contributed by atoms with E-state index in [2.05, 4.69) is 15.6 Å². The molecule has 1 aromatic carbocycles. The van der Waals surface area contributed by atoms with Crippen LogP contribution < -0.4 is 10.6 Å². The van der Waals surface area contributed by atoms with Crippen LogP contribution in [0.3, 0.4) is 0 Å². The van der Waals surface area contributed by atoms with E-state index in [1.165, 1.54) is 0 Å². The van der Waals surface area contributed by atoms with Crippen molar-refractivity contribution in [2.75, 3.05) is 13.1 Å². The zero-order chi connectivity index (χ0) is 20.7. The van der Waals surface area contributed by atoms with Gasteiger partial charge in [0.1, 0.15) is 22.9 Å². The molecule has 3 N–H and O–H groups in total. The van der Waals surface area contributed by atoms with Gasteiger partial charge in [0.25, 0.3) is 0 Å². The number of halogens is 1. The van der Waals surface area contributed by atoms with E-state index in [0.717, 1.165) is 34.8 Å². The topological polar surface area (TPSA) is 82.9 Å². The molecule has 162 valence electrons. The summed E-state index contributed by atoms with van der Waals surface area (Å²) in [6, 6.07) is 15.8. The van der Waals surface area contributed by atoms with Gasteiger partial charge in [-0.15, -0.1) is 24.0 Å². The molecule has 0 amide bonds. The lowest BCUT2D eigenvalue weighted by atomic mass is 9.96. The van der Waals surface area contributed by atoms with Crippen LogP contribution in [0, 0.1) is 13.8 Å². The number of furan rings is 2. The fraction of sp³-hybridized carbons (Fsp3) is 0.348. The maximum atomic E-state index is 11.0. The number of guanidine groups is 1. The molecular weight excluding hydrogens is 493 g/mol.